The van der Waals surface area contributed by atoms with E-state index in [1.54, 1.807) is 12.4 Å². The zero-order valence-corrected chi connectivity index (χ0v) is 19.4. The van der Waals surface area contributed by atoms with Gasteiger partial charge in [-0.3, -0.25) is 4.98 Å². The van der Waals surface area contributed by atoms with E-state index in [2.05, 4.69) is 9.97 Å². The molecule has 2 aromatic heterocycles. The normalized spacial score (nSPS) is 9.47. The smallest absolute Gasteiger partial charge is 0.336 e. The number of carbonyl (C=O) groups excluding carboxylic acids is 1. The first-order valence-electron chi connectivity index (χ1n) is 10.3. The van der Waals surface area contributed by atoms with Crippen molar-refractivity contribution >= 4 is 23.9 Å². The van der Waals surface area contributed by atoms with Crippen LogP contribution in [0.4, 0.5) is 0 Å². The van der Waals surface area contributed by atoms with Gasteiger partial charge in [0.1, 0.15) is 0 Å². The van der Waals surface area contributed by atoms with Crippen molar-refractivity contribution in [3.8, 4) is 22.3 Å². The van der Waals surface area contributed by atoms with Gasteiger partial charge in [-0.05, 0) is 41.5 Å². The largest absolute Gasteiger partial charge is 0.545 e. The second-order valence-electron chi connectivity index (χ2n) is 7.18. The number of nitrogens with one attached hydrogen (secondary N) is 1. The van der Waals surface area contributed by atoms with Crippen molar-refractivity contribution in [3.63, 3.8) is 0 Å². The average Bonchev–Trinajstić information content (AvgIpc) is 2.89. The second kappa shape index (κ2) is 13.6. The van der Waals surface area contributed by atoms with E-state index in [1.165, 1.54) is 17.2 Å². The number of pyridine rings is 2. The van der Waals surface area contributed by atoms with Crippen molar-refractivity contribution in [2.24, 2.45) is 0 Å². The molecule has 12 nitrogen and oxygen atoms in total. The summed E-state index contributed by atoms with van der Waals surface area (Å²) in [6, 6.07) is 14.6. The van der Waals surface area contributed by atoms with Gasteiger partial charge in [0.25, 0.3) is 0 Å². The molecular weight excluding hydrogens is 500 g/mol. The third kappa shape index (κ3) is 6.81. The maximum atomic E-state index is 11.4. The molecule has 8 N–H and O–H groups in total. The van der Waals surface area contributed by atoms with Crippen LogP contribution in [0.1, 0.15) is 41.4 Å². The zero-order chi connectivity index (χ0) is 26.2. The quantitative estimate of drug-likeness (QED) is 0.322. The highest BCUT2D eigenvalue weighted by molar-refractivity contribution is 6.12. The summed E-state index contributed by atoms with van der Waals surface area (Å²) >= 11 is 0. The Balaban J connectivity index is 0.000000434. The van der Waals surface area contributed by atoms with E-state index in [4.69, 9.17) is 0 Å². The molecule has 4 rings (SSSR count). The first-order chi connectivity index (χ1) is 17.2. The van der Waals surface area contributed by atoms with E-state index in [1.807, 2.05) is 36.7 Å². The van der Waals surface area contributed by atoms with Crippen LogP contribution in [-0.2, 0) is 0 Å². The van der Waals surface area contributed by atoms with Gasteiger partial charge in [0, 0.05) is 41.2 Å². The van der Waals surface area contributed by atoms with Crippen molar-refractivity contribution < 1.29 is 55.5 Å². The number of benzene rings is 2. The molecule has 0 bridgehead atoms. The Morgan fingerprint density at radius 1 is 0.605 bits per heavy atom. The Morgan fingerprint density at radius 2 is 0.974 bits per heavy atom. The molecule has 12 heteroatoms. The number of aromatic nitrogens is 2. The van der Waals surface area contributed by atoms with Crippen LogP contribution in [0.2, 0.25) is 0 Å². The summed E-state index contributed by atoms with van der Waals surface area (Å²) in [5.74, 6) is -6.36. The highest BCUT2D eigenvalue weighted by Gasteiger charge is 2.26. The summed E-state index contributed by atoms with van der Waals surface area (Å²) in [6.45, 7) is 0. The minimum atomic E-state index is -1.76. The van der Waals surface area contributed by atoms with Crippen molar-refractivity contribution in [2.75, 3.05) is 0 Å². The molecule has 0 radical (unpaired) electrons. The van der Waals surface area contributed by atoms with Gasteiger partial charge in [-0.25, -0.2) is 19.4 Å². The Labute approximate surface area is 214 Å². The lowest BCUT2D eigenvalue weighted by Crippen LogP contribution is -2.24. The van der Waals surface area contributed by atoms with Crippen LogP contribution < -0.4 is 10.1 Å². The number of H-pyrrole nitrogens is 1. The predicted molar refractivity (Wildman–Crippen MR) is 131 cm³/mol. The Morgan fingerprint density at radius 3 is 1.37 bits per heavy atom. The lowest BCUT2D eigenvalue weighted by Gasteiger charge is -2.17. The summed E-state index contributed by atoms with van der Waals surface area (Å²) in [5, 5.41) is 39.2. The minimum absolute atomic E-state index is 0. The van der Waals surface area contributed by atoms with Crippen LogP contribution in [0.5, 0.6) is 0 Å². The lowest BCUT2D eigenvalue weighted by atomic mass is 9.87. The molecule has 4 aromatic rings. The number of aromatic amines is 1. The molecule has 0 spiro atoms. The van der Waals surface area contributed by atoms with Gasteiger partial charge in [0.05, 0.1) is 22.7 Å². The van der Waals surface area contributed by atoms with Crippen molar-refractivity contribution in [3.05, 3.63) is 108 Å². The molecule has 2 aromatic carbocycles. The highest BCUT2D eigenvalue weighted by Crippen LogP contribution is 2.34. The van der Waals surface area contributed by atoms with Crippen molar-refractivity contribution in [1.29, 1.82) is 0 Å². The van der Waals surface area contributed by atoms with Crippen LogP contribution in [0, 0.1) is 0 Å². The van der Waals surface area contributed by atoms with E-state index < -0.39 is 57.3 Å². The molecular formula is C26H22N2O10. The van der Waals surface area contributed by atoms with E-state index in [0.717, 1.165) is 30.3 Å². The van der Waals surface area contributed by atoms with Crippen LogP contribution in [0.15, 0.2) is 85.5 Å². The second-order valence-corrected chi connectivity index (χ2v) is 7.18. The molecule has 0 aliphatic carbocycles. The Hall–Kier alpha value is -5.46. The van der Waals surface area contributed by atoms with Crippen LogP contribution in [0.25, 0.3) is 22.3 Å². The number of aromatic carboxylic acids is 4. The maximum Gasteiger partial charge on any atom is 0.336 e. The number of hydrogen-bond donors (Lipinski definition) is 3. The highest BCUT2D eigenvalue weighted by atomic mass is 16.4. The van der Waals surface area contributed by atoms with Crippen LogP contribution in [0.3, 0.4) is 0 Å². The Kier molecular flexibility index (Phi) is 10.9. The summed E-state index contributed by atoms with van der Waals surface area (Å²) < 4.78 is 0. The molecule has 38 heavy (non-hydrogen) atoms. The molecule has 0 aliphatic heterocycles. The fourth-order valence-corrected chi connectivity index (χ4v) is 3.47. The Bertz CT molecular complexity index is 1270. The number of carboxylic acids is 4. The molecule has 0 unspecified atom stereocenters. The number of rotatable bonds is 6. The van der Waals surface area contributed by atoms with Gasteiger partial charge < -0.3 is 36.2 Å². The standard InChI is InChI=1S/C16H10O8.C10H8N2.2H2O/c17-13(18)7-3-1-4-8(14(19)20)11(7)12-9(15(21)22)5-2-6-10(12)16(23)24;1-5-11-6-2-9(1)10-3-7-12-8-4-10;;/h1-6H,(H,17,18)(H,19,20)(H,21,22)(H,23,24);1-8H;2*1H2. The first kappa shape index (κ1) is 30.6. The third-order valence-electron chi connectivity index (χ3n) is 5.02. The average molecular weight is 522 g/mol. The fraction of sp³-hybridized carbons (Fsp3) is 0. The molecule has 0 amide bonds. The van der Waals surface area contributed by atoms with E-state index in [0.29, 0.717) is 0 Å². The van der Waals surface area contributed by atoms with Gasteiger partial charge in [0.2, 0.25) is 0 Å². The van der Waals surface area contributed by atoms with Gasteiger partial charge in [-0.1, -0.05) is 18.2 Å². The maximum absolute atomic E-state index is 11.4. The van der Waals surface area contributed by atoms with Crippen LogP contribution in [-0.4, -0.2) is 55.1 Å². The summed E-state index contributed by atoms with van der Waals surface area (Å²) in [7, 11) is 0. The molecule has 0 saturated carbocycles. The molecule has 0 aliphatic rings. The number of carbonyl (C=O) groups is 4. The lowest BCUT2D eigenvalue weighted by molar-refractivity contribution is -0.377. The summed E-state index contributed by atoms with van der Waals surface area (Å²) in [4.78, 5) is 52.6. The molecule has 0 saturated heterocycles. The zero-order valence-electron chi connectivity index (χ0n) is 19.4. The first-order valence-corrected chi connectivity index (χ1v) is 10.3. The number of nitrogens with zero attached hydrogens (tertiary/aromatic N) is 1. The summed E-state index contributed by atoms with van der Waals surface area (Å²) in [6.07, 6.45) is 7.42. The predicted octanol–water partition coefficient (Wildman–Crippen LogP) is 0.725. The third-order valence-corrected chi connectivity index (χ3v) is 5.02. The minimum Gasteiger partial charge on any atom is -0.545 e. The number of hydrogen-bond acceptors (Lipinski definition) is 6. The van der Waals surface area contributed by atoms with Gasteiger partial charge in [0.15, 0.2) is 12.4 Å². The molecule has 196 valence electrons. The van der Waals surface area contributed by atoms with Crippen LogP contribution >= 0.6 is 0 Å². The van der Waals surface area contributed by atoms with Gasteiger partial charge in [-0.2, -0.15) is 0 Å². The fourth-order valence-electron chi connectivity index (χ4n) is 3.47. The van der Waals surface area contributed by atoms with E-state index in [-0.39, 0.29) is 11.0 Å². The molecule has 0 atom stereocenters. The van der Waals surface area contributed by atoms with Crippen molar-refractivity contribution in [1.82, 2.24) is 4.98 Å². The summed E-state index contributed by atoms with van der Waals surface area (Å²) in [5.41, 5.74) is -0.874. The van der Waals surface area contributed by atoms with E-state index >= 15 is 0 Å². The van der Waals surface area contributed by atoms with Gasteiger partial charge >= 0.3 is 17.9 Å². The monoisotopic (exact) mass is 522 g/mol. The van der Waals surface area contributed by atoms with Gasteiger partial charge in [-0.15, -0.1) is 0 Å². The van der Waals surface area contributed by atoms with E-state index in [9.17, 15) is 39.6 Å². The van der Waals surface area contributed by atoms with Crippen molar-refractivity contribution in [2.45, 2.75) is 0 Å². The number of carboxylic acid groups (broad SMARTS) is 4. The SMILES string of the molecule is O.O.O=C([O-])c1cccc(C(=O)O)c1-c1c(C(=O)O)cccc1C(=O)O.c1cc(-c2cc[nH+]cc2)ccn1. The topological polar surface area (TPSA) is 242 Å². The molecule has 2 heterocycles. The molecule has 0 fully saturated rings.